The van der Waals surface area contributed by atoms with E-state index in [0.717, 1.165) is 25.9 Å². The van der Waals surface area contributed by atoms with Crippen LogP contribution in [0.1, 0.15) is 23.7 Å². The first kappa shape index (κ1) is 23.5. The van der Waals surface area contributed by atoms with Gasteiger partial charge in [-0.3, -0.25) is 14.9 Å². The van der Waals surface area contributed by atoms with Gasteiger partial charge in [-0.1, -0.05) is 18.2 Å². The van der Waals surface area contributed by atoms with Gasteiger partial charge in [-0.25, -0.2) is 8.42 Å². The number of halogens is 1. The van der Waals surface area contributed by atoms with Crippen molar-refractivity contribution in [1.29, 1.82) is 0 Å². The van der Waals surface area contributed by atoms with Gasteiger partial charge >= 0.3 is 0 Å². The molecule has 3 rings (SSSR count). The molecule has 0 bridgehead atoms. The van der Waals surface area contributed by atoms with Crippen molar-refractivity contribution in [2.75, 3.05) is 45.5 Å². The fraction of sp³-hybridized carbons (Fsp3) is 0.611. The molecule has 162 valence electrons. The Labute approximate surface area is 176 Å². The average molecular weight is 447 g/mol. The molecule has 1 amide bonds. The molecule has 29 heavy (non-hydrogen) atoms. The van der Waals surface area contributed by atoms with Crippen molar-refractivity contribution in [2.45, 2.75) is 24.1 Å². The van der Waals surface area contributed by atoms with E-state index in [1.807, 2.05) is 0 Å². The predicted molar refractivity (Wildman–Crippen MR) is 112 cm³/mol. The highest BCUT2D eigenvalue weighted by molar-refractivity contribution is 7.91. The molecule has 1 aromatic rings. The summed E-state index contributed by atoms with van der Waals surface area (Å²) in [6.07, 6.45) is 3.29. The molecule has 2 saturated heterocycles. The molecule has 0 radical (unpaired) electrons. The minimum absolute atomic E-state index is 0. The molecular weight excluding hydrogens is 420 g/mol. The van der Waals surface area contributed by atoms with E-state index in [4.69, 9.17) is 0 Å². The topological polar surface area (TPSA) is 113 Å². The Balaban J connectivity index is 0.00000300. The summed E-state index contributed by atoms with van der Waals surface area (Å²) in [6.45, 7) is 4.21. The monoisotopic (exact) mass is 446 g/mol. The quantitative estimate of drug-likeness (QED) is 0.512. The summed E-state index contributed by atoms with van der Waals surface area (Å²) in [5, 5.41) is 13.2. The highest BCUT2D eigenvalue weighted by Gasteiger charge is 2.39. The maximum atomic E-state index is 13.2. The second kappa shape index (κ2) is 9.84. The number of amides is 1. The van der Waals surface area contributed by atoms with E-state index in [1.54, 1.807) is 0 Å². The lowest BCUT2D eigenvalue weighted by molar-refractivity contribution is -0.385. The number of rotatable bonds is 6. The predicted octanol–water partition coefficient (Wildman–Crippen LogP) is 0.999. The summed E-state index contributed by atoms with van der Waals surface area (Å²) in [5.41, 5.74) is -0.426. The third-order valence-electron chi connectivity index (χ3n) is 5.31. The Bertz CT molecular complexity index is 844. The van der Waals surface area contributed by atoms with E-state index in [1.165, 1.54) is 42.0 Å². The van der Waals surface area contributed by atoms with Gasteiger partial charge in [0.2, 0.25) is 5.91 Å². The molecule has 1 N–H and O–H groups in total. The van der Waals surface area contributed by atoms with E-state index in [9.17, 15) is 23.3 Å². The van der Waals surface area contributed by atoms with Gasteiger partial charge in [0.15, 0.2) is 15.1 Å². The Kier molecular flexibility index (Phi) is 7.98. The average Bonchev–Trinajstić information content (AvgIpc) is 3.14. The maximum Gasteiger partial charge on any atom is 0.274 e. The number of carbonyl (C=O) groups is 1. The van der Waals surface area contributed by atoms with Crippen LogP contribution in [0.2, 0.25) is 0 Å². The van der Waals surface area contributed by atoms with Gasteiger partial charge in [0.1, 0.15) is 0 Å². The normalized spacial score (nSPS) is 21.4. The SMILES string of the molecule is CS(=O)(=O)C(C(=O)N1CCNC(CN2CCCC2)C1)c1ccccc1[N+](=O)[O-].Cl. The summed E-state index contributed by atoms with van der Waals surface area (Å²) in [6, 6.07) is 5.62. The summed E-state index contributed by atoms with van der Waals surface area (Å²) in [5.74, 6) is -0.593. The molecule has 2 aliphatic rings. The first-order valence-corrected chi connectivity index (χ1v) is 11.4. The van der Waals surface area contributed by atoms with Gasteiger partial charge < -0.3 is 15.1 Å². The number of nitrogens with one attached hydrogen (secondary N) is 1. The van der Waals surface area contributed by atoms with Crippen LogP contribution in [-0.4, -0.2) is 80.6 Å². The number of piperazine rings is 1. The Morgan fingerprint density at radius 1 is 1.28 bits per heavy atom. The number of nitrogens with zero attached hydrogens (tertiary/aromatic N) is 3. The molecule has 2 aliphatic heterocycles. The van der Waals surface area contributed by atoms with Crippen LogP contribution >= 0.6 is 12.4 Å². The van der Waals surface area contributed by atoms with Gasteiger partial charge in [-0.15, -0.1) is 12.4 Å². The van der Waals surface area contributed by atoms with Gasteiger partial charge in [0, 0.05) is 44.5 Å². The minimum atomic E-state index is -3.89. The zero-order chi connectivity index (χ0) is 20.3. The van der Waals surface area contributed by atoms with E-state index in [0.29, 0.717) is 19.6 Å². The molecule has 2 unspecified atom stereocenters. The first-order valence-electron chi connectivity index (χ1n) is 9.44. The molecule has 0 aromatic heterocycles. The summed E-state index contributed by atoms with van der Waals surface area (Å²) >= 11 is 0. The number of nitro benzene ring substituents is 1. The number of benzene rings is 1. The van der Waals surface area contributed by atoms with E-state index < -0.39 is 25.9 Å². The van der Waals surface area contributed by atoms with Crippen LogP contribution in [0.5, 0.6) is 0 Å². The third-order valence-corrected chi connectivity index (χ3v) is 6.62. The van der Waals surface area contributed by atoms with Crippen molar-refractivity contribution in [3.05, 3.63) is 39.9 Å². The number of nitro groups is 1. The second-order valence-electron chi connectivity index (χ2n) is 7.47. The lowest BCUT2D eigenvalue weighted by Crippen LogP contribution is -2.57. The number of hydrogen-bond acceptors (Lipinski definition) is 7. The fourth-order valence-electron chi connectivity index (χ4n) is 4.01. The van der Waals surface area contributed by atoms with Crippen LogP contribution in [0.3, 0.4) is 0 Å². The van der Waals surface area contributed by atoms with Gasteiger partial charge in [-0.05, 0) is 25.9 Å². The van der Waals surface area contributed by atoms with Crippen molar-refractivity contribution < 1.29 is 18.1 Å². The van der Waals surface area contributed by atoms with Crippen LogP contribution in [0.4, 0.5) is 5.69 Å². The van der Waals surface area contributed by atoms with E-state index in [2.05, 4.69) is 10.2 Å². The molecule has 0 saturated carbocycles. The van der Waals surface area contributed by atoms with E-state index >= 15 is 0 Å². The molecule has 2 heterocycles. The Morgan fingerprint density at radius 2 is 1.93 bits per heavy atom. The maximum absolute atomic E-state index is 13.2. The van der Waals surface area contributed by atoms with Crippen LogP contribution in [0.15, 0.2) is 24.3 Å². The smallest absolute Gasteiger partial charge is 0.274 e. The molecule has 0 aliphatic carbocycles. The number of carbonyl (C=O) groups excluding carboxylic acids is 1. The Morgan fingerprint density at radius 3 is 2.55 bits per heavy atom. The number of likely N-dealkylation sites (tertiary alicyclic amines) is 1. The molecule has 2 atom stereocenters. The number of sulfone groups is 1. The molecule has 2 fully saturated rings. The fourth-order valence-corrected chi connectivity index (χ4v) is 5.19. The lowest BCUT2D eigenvalue weighted by atomic mass is 10.1. The van der Waals surface area contributed by atoms with Gasteiger partial charge in [-0.2, -0.15) is 0 Å². The summed E-state index contributed by atoms with van der Waals surface area (Å²) in [4.78, 5) is 27.8. The Hall–Kier alpha value is -1.75. The summed E-state index contributed by atoms with van der Waals surface area (Å²) < 4.78 is 24.9. The first-order chi connectivity index (χ1) is 13.3. The van der Waals surface area contributed by atoms with Gasteiger partial charge in [0.05, 0.1) is 10.5 Å². The standard InChI is InChI=1S/C18H26N4O5S.ClH/c1-28(26,27)17(15-6-2-3-7-16(15)22(24)25)18(23)21-11-8-19-14(13-21)12-20-9-4-5-10-20;/h2-3,6-7,14,17,19H,4-5,8-13H2,1H3;1H. The van der Waals surface area contributed by atoms with Gasteiger partial charge in [0.25, 0.3) is 5.69 Å². The van der Waals surface area contributed by atoms with Crippen LogP contribution in [0, 0.1) is 10.1 Å². The molecule has 9 nitrogen and oxygen atoms in total. The van der Waals surface area contributed by atoms with Crippen molar-refractivity contribution in [3.63, 3.8) is 0 Å². The summed E-state index contributed by atoms with van der Waals surface area (Å²) in [7, 11) is -3.89. The number of hydrogen-bond donors (Lipinski definition) is 1. The van der Waals surface area contributed by atoms with Crippen molar-refractivity contribution >= 4 is 33.8 Å². The molecule has 1 aromatic carbocycles. The zero-order valence-electron chi connectivity index (χ0n) is 16.3. The molecule has 0 spiro atoms. The second-order valence-corrected chi connectivity index (χ2v) is 9.60. The largest absolute Gasteiger partial charge is 0.338 e. The zero-order valence-corrected chi connectivity index (χ0v) is 18.0. The van der Waals surface area contributed by atoms with Crippen molar-refractivity contribution in [2.24, 2.45) is 0 Å². The van der Waals surface area contributed by atoms with E-state index in [-0.39, 0.29) is 29.7 Å². The van der Waals surface area contributed by atoms with Crippen LogP contribution < -0.4 is 5.32 Å². The molecular formula is C18H27ClN4O5S. The lowest BCUT2D eigenvalue weighted by Gasteiger charge is -2.37. The van der Waals surface area contributed by atoms with Crippen molar-refractivity contribution in [1.82, 2.24) is 15.1 Å². The highest BCUT2D eigenvalue weighted by atomic mass is 35.5. The minimum Gasteiger partial charge on any atom is -0.338 e. The molecule has 11 heteroatoms. The van der Waals surface area contributed by atoms with Crippen LogP contribution in [0.25, 0.3) is 0 Å². The third kappa shape index (κ3) is 5.65. The number of para-hydroxylation sites is 1. The highest BCUT2D eigenvalue weighted by Crippen LogP contribution is 2.32. The van der Waals surface area contributed by atoms with Crippen molar-refractivity contribution in [3.8, 4) is 0 Å². The van der Waals surface area contributed by atoms with Crippen LogP contribution in [-0.2, 0) is 14.6 Å².